The lowest BCUT2D eigenvalue weighted by molar-refractivity contribution is -0.385. The van der Waals surface area contributed by atoms with E-state index in [2.05, 4.69) is 5.32 Å². The van der Waals surface area contributed by atoms with Crippen LogP contribution in [0, 0.1) is 17.0 Å². The second-order valence-electron chi connectivity index (χ2n) is 5.57. The van der Waals surface area contributed by atoms with Crippen LogP contribution >= 0.6 is 0 Å². The number of sulfone groups is 1. The molecule has 126 valence electrons. The van der Waals surface area contributed by atoms with Gasteiger partial charge in [0.2, 0.25) is 0 Å². The third-order valence-electron chi connectivity index (χ3n) is 3.63. The van der Waals surface area contributed by atoms with Crippen molar-refractivity contribution in [2.45, 2.75) is 32.4 Å². The first-order valence-corrected chi connectivity index (χ1v) is 8.92. The molecular weight excluding hydrogens is 324 g/mol. The first-order chi connectivity index (χ1) is 10.7. The van der Waals surface area contributed by atoms with Crippen molar-refractivity contribution in [3.8, 4) is 5.75 Å². The Hall–Kier alpha value is -2.16. The molecule has 1 aliphatic rings. The summed E-state index contributed by atoms with van der Waals surface area (Å²) < 4.78 is 28.2. The van der Waals surface area contributed by atoms with Crippen molar-refractivity contribution in [2.75, 3.05) is 11.5 Å². The molecule has 1 saturated heterocycles. The second-order valence-corrected chi connectivity index (χ2v) is 7.80. The van der Waals surface area contributed by atoms with Gasteiger partial charge in [0.25, 0.3) is 11.6 Å². The molecule has 1 N–H and O–H groups in total. The highest BCUT2D eigenvalue weighted by molar-refractivity contribution is 7.91. The average Bonchev–Trinajstić information content (AvgIpc) is 2.77. The van der Waals surface area contributed by atoms with Crippen molar-refractivity contribution in [1.82, 2.24) is 5.32 Å². The lowest BCUT2D eigenvalue weighted by atomic mass is 10.2. The molecule has 1 heterocycles. The predicted molar refractivity (Wildman–Crippen MR) is 83.1 cm³/mol. The molecule has 1 fully saturated rings. The standard InChI is InChI=1S/C14H18N2O6S/c1-9-7-12(3-4-13(9)16(18)19)22-10(2)14(17)15-11-5-6-23(20,21)8-11/h3-4,7,10-11H,5-6,8H2,1-2H3,(H,15,17)/t10-,11-/m1/s1. The Morgan fingerprint density at radius 1 is 1.48 bits per heavy atom. The van der Waals surface area contributed by atoms with Crippen molar-refractivity contribution in [2.24, 2.45) is 0 Å². The van der Waals surface area contributed by atoms with Gasteiger partial charge in [-0.3, -0.25) is 14.9 Å². The Bertz CT molecular complexity index is 731. The molecule has 0 aromatic heterocycles. The maximum atomic E-state index is 12.0. The summed E-state index contributed by atoms with van der Waals surface area (Å²) in [6.07, 6.45) is -0.434. The summed E-state index contributed by atoms with van der Waals surface area (Å²) in [7, 11) is -3.06. The minimum Gasteiger partial charge on any atom is -0.481 e. The number of hydrogen-bond donors (Lipinski definition) is 1. The topological polar surface area (TPSA) is 116 Å². The van der Waals surface area contributed by atoms with Crippen molar-refractivity contribution in [3.63, 3.8) is 0 Å². The van der Waals surface area contributed by atoms with Crippen LogP contribution in [0.15, 0.2) is 18.2 Å². The van der Waals surface area contributed by atoms with E-state index in [-0.39, 0.29) is 17.2 Å². The van der Waals surface area contributed by atoms with E-state index in [4.69, 9.17) is 4.74 Å². The minimum atomic E-state index is -3.06. The van der Waals surface area contributed by atoms with Crippen LogP contribution in [-0.2, 0) is 14.6 Å². The lowest BCUT2D eigenvalue weighted by Gasteiger charge is -2.17. The predicted octanol–water partition coefficient (Wildman–Crippen LogP) is 0.974. The molecule has 1 aromatic carbocycles. The number of nitro groups is 1. The maximum Gasteiger partial charge on any atom is 0.272 e. The van der Waals surface area contributed by atoms with Gasteiger partial charge in [0.1, 0.15) is 5.75 Å². The van der Waals surface area contributed by atoms with Crippen molar-refractivity contribution in [3.05, 3.63) is 33.9 Å². The molecule has 0 bridgehead atoms. The number of nitrogens with one attached hydrogen (secondary N) is 1. The van der Waals surface area contributed by atoms with Crippen LogP contribution in [-0.4, -0.2) is 42.9 Å². The van der Waals surface area contributed by atoms with Crippen molar-refractivity contribution < 1.29 is 22.9 Å². The highest BCUT2D eigenvalue weighted by atomic mass is 32.2. The van der Waals surface area contributed by atoms with Gasteiger partial charge < -0.3 is 10.1 Å². The van der Waals surface area contributed by atoms with Gasteiger partial charge in [0.05, 0.1) is 16.4 Å². The molecule has 1 aliphatic heterocycles. The van der Waals surface area contributed by atoms with Crippen LogP contribution in [0.3, 0.4) is 0 Å². The minimum absolute atomic E-state index is 0.0226. The summed E-state index contributed by atoms with van der Waals surface area (Å²) in [6, 6.07) is 3.84. The number of hydrogen-bond acceptors (Lipinski definition) is 6. The zero-order chi connectivity index (χ0) is 17.2. The monoisotopic (exact) mass is 342 g/mol. The van der Waals surface area contributed by atoms with E-state index in [1.807, 2.05) is 0 Å². The SMILES string of the molecule is Cc1cc(O[C@H](C)C(=O)N[C@@H]2CCS(=O)(=O)C2)ccc1[N+](=O)[O-]. The van der Waals surface area contributed by atoms with Gasteiger partial charge in [-0.1, -0.05) is 0 Å². The highest BCUT2D eigenvalue weighted by Crippen LogP contribution is 2.23. The van der Waals surface area contributed by atoms with Gasteiger partial charge in [-0.25, -0.2) is 8.42 Å². The van der Waals surface area contributed by atoms with E-state index in [0.717, 1.165) is 0 Å². The average molecular weight is 342 g/mol. The van der Waals surface area contributed by atoms with Gasteiger partial charge in [-0.2, -0.15) is 0 Å². The van der Waals surface area contributed by atoms with E-state index in [1.165, 1.54) is 25.1 Å². The van der Waals surface area contributed by atoms with Gasteiger partial charge in [-0.15, -0.1) is 0 Å². The van der Waals surface area contributed by atoms with Crippen molar-refractivity contribution >= 4 is 21.4 Å². The van der Waals surface area contributed by atoms with Crippen LogP contribution in [0.2, 0.25) is 0 Å². The second kappa shape index (κ2) is 6.53. The van der Waals surface area contributed by atoms with Gasteiger partial charge in [0, 0.05) is 17.7 Å². The molecule has 2 atom stereocenters. The molecule has 0 saturated carbocycles. The lowest BCUT2D eigenvalue weighted by Crippen LogP contribution is -2.43. The fourth-order valence-electron chi connectivity index (χ4n) is 2.39. The molecule has 0 spiro atoms. The molecule has 1 amide bonds. The Morgan fingerprint density at radius 2 is 2.17 bits per heavy atom. The number of amides is 1. The Morgan fingerprint density at radius 3 is 2.70 bits per heavy atom. The molecule has 2 rings (SSSR count). The molecule has 23 heavy (non-hydrogen) atoms. The van der Waals surface area contributed by atoms with Crippen LogP contribution in [0.4, 0.5) is 5.69 Å². The fraction of sp³-hybridized carbons (Fsp3) is 0.500. The summed E-state index contributed by atoms with van der Waals surface area (Å²) >= 11 is 0. The summed E-state index contributed by atoms with van der Waals surface area (Å²) in [6.45, 7) is 3.12. The van der Waals surface area contributed by atoms with Crippen molar-refractivity contribution in [1.29, 1.82) is 0 Å². The quantitative estimate of drug-likeness (QED) is 0.630. The number of nitrogens with zero attached hydrogens (tertiary/aromatic N) is 1. The number of aryl methyl sites for hydroxylation is 1. The molecule has 8 nitrogen and oxygen atoms in total. The molecular formula is C14H18N2O6S. The highest BCUT2D eigenvalue weighted by Gasteiger charge is 2.30. The van der Waals surface area contributed by atoms with Crippen LogP contribution in [0.1, 0.15) is 18.9 Å². The Balaban J connectivity index is 1.96. The smallest absolute Gasteiger partial charge is 0.272 e. The van der Waals surface area contributed by atoms with Crippen LogP contribution in [0.25, 0.3) is 0 Å². The molecule has 9 heteroatoms. The van der Waals surface area contributed by atoms with E-state index in [1.54, 1.807) is 6.92 Å². The summed E-state index contributed by atoms with van der Waals surface area (Å²) in [5.41, 5.74) is 0.410. The van der Waals surface area contributed by atoms with Gasteiger partial charge in [0.15, 0.2) is 15.9 Å². The zero-order valence-corrected chi connectivity index (χ0v) is 13.6. The number of carbonyl (C=O) groups excluding carboxylic acids is 1. The molecule has 1 aromatic rings. The maximum absolute atomic E-state index is 12.0. The number of carbonyl (C=O) groups is 1. The third-order valence-corrected chi connectivity index (χ3v) is 5.39. The normalized spacial score (nSPS) is 20.7. The van der Waals surface area contributed by atoms with E-state index in [0.29, 0.717) is 17.7 Å². The van der Waals surface area contributed by atoms with Gasteiger partial charge >= 0.3 is 0 Å². The summed E-state index contributed by atoms with van der Waals surface area (Å²) in [5, 5.41) is 13.4. The summed E-state index contributed by atoms with van der Waals surface area (Å²) in [4.78, 5) is 22.3. The van der Waals surface area contributed by atoms with E-state index < -0.39 is 32.8 Å². The Labute approximate surface area is 133 Å². The first-order valence-electron chi connectivity index (χ1n) is 7.10. The Kier molecular flexibility index (Phi) is 4.88. The number of rotatable bonds is 5. The van der Waals surface area contributed by atoms with Crippen LogP contribution < -0.4 is 10.1 Å². The summed E-state index contributed by atoms with van der Waals surface area (Å²) in [5.74, 6) is -0.0468. The van der Waals surface area contributed by atoms with Gasteiger partial charge in [-0.05, 0) is 32.4 Å². The third kappa shape index (κ3) is 4.41. The molecule has 0 aliphatic carbocycles. The number of nitro benzene ring substituents is 1. The molecule has 0 radical (unpaired) electrons. The molecule has 0 unspecified atom stereocenters. The zero-order valence-electron chi connectivity index (χ0n) is 12.8. The number of ether oxygens (including phenoxy) is 1. The fourth-order valence-corrected chi connectivity index (χ4v) is 4.06. The largest absolute Gasteiger partial charge is 0.481 e. The van der Waals surface area contributed by atoms with E-state index >= 15 is 0 Å². The van der Waals surface area contributed by atoms with Crippen LogP contribution in [0.5, 0.6) is 5.75 Å². The first kappa shape index (κ1) is 17.2. The van der Waals surface area contributed by atoms with E-state index in [9.17, 15) is 23.3 Å². The number of benzene rings is 1.